The van der Waals surface area contributed by atoms with Gasteiger partial charge >= 0.3 is 29.6 Å². The Labute approximate surface area is 116 Å². The molecule has 14 heavy (non-hydrogen) atoms. The molecule has 1 fully saturated rings. The van der Waals surface area contributed by atoms with Crippen LogP contribution in [0.15, 0.2) is 28.7 Å². The van der Waals surface area contributed by atoms with E-state index in [2.05, 4.69) is 15.9 Å². The molecule has 0 bridgehead atoms. The van der Waals surface area contributed by atoms with E-state index in [0.29, 0.717) is 0 Å². The molecule has 2 nitrogen and oxygen atoms in total. The quantitative estimate of drug-likeness (QED) is 0.533. The second-order valence-electron chi connectivity index (χ2n) is 3.24. The van der Waals surface area contributed by atoms with Crippen LogP contribution in [0.3, 0.4) is 0 Å². The van der Waals surface area contributed by atoms with Crippen molar-refractivity contribution >= 4 is 27.0 Å². The summed E-state index contributed by atoms with van der Waals surface area (Å²) >= 11 is 1.33. The molecule has 0 aliphatic heterocycles. The summed E-state index contributed by atoms with van der Waals surface area (Å²) < 4.78 is 22.3. The Kier molecular flexibility index (Phi) is 4.38. The van der Waals surface area contributed by atoms with Crippen molar-refractivity contribution in [1.29, 1.82) is 0 Å². The van der Waals surface area contributed by atoms with Crippen molar-refractivity contribution in [3.63, 3.8) is 0 Å². The zero-order valence-corrected chi connectivity index (χ0v) is 12.2. The monoisotopic (exact) mass is 282 g/mol. The van der Waals surface area contributed by atoms with Gasteiger partial charge in [-0.2, -0.15) is 0 Å². The van der Waals surface area contributed by atoms with E-state index in [-0.39, 0.29) is 29.6 Å². The van der Waals surface area contributed by atoms with Gasteiger partial charge in [0.25, 0.3) is 0 Å². The summed E-state index contributed by atoms with van der Waals surface area (Å²) in [6.07, 6.45) is 1.51. The van der Waals surface area contributed by atoms with Crippen LogP contribution in [0.5, 0.6) is 0 Å². The number of rotatable bonds is 2. The Morgan fingerprint density at radius 2 is 1.79 bits per heavy atom. The van der Waals surface area contributed by atoms with Crippen LogP contribution < -0.4 is 29.6 Å². The molecule has 0 saturated heterocycles. The number of hydrogen-bond donors (Lipinski definition) is 0. The predicted octanol–water partition coefficient (Wildman–Crippen LogP) is -0.679. The van der Waals surface area contributed by atoms with Crippen LogP contribution in [0.25, 0.3) is 0 Å². The minimum absolute atomic E-state index is 0. The second kappa shape index (κ2) is 4.76. The fraction of sp³-hybridized carbons (Fsp3) is 0.333. The van der Waals surface area contributed by atoms with Crippen LogP contribution in [0.1, 0.15) is 18.4 Å². The first-order chi connectivity index (χ1) is 6.15. The molecule has 1 aliphatic rings. The SMILES string of the molecule is O=S([O-])C1(c2ccc(Br)cc2)CC1.[Na+]. The summed E-state index contributed by atoms with van der Waals surface area (Å²) in [6.45, 7) is 0. The van der Waals surface area contributed by atoms with Crippen molar-refractivity contribution in [2.24, 2.45) is 0 Å². The first-order valence-electron chi connectivity index (χ1n) is 4.00. The number of halogens is 1. The first kappa shape index (κ1) is 12.9. The van der Waals surface area contributed by atoms with Gasteiger partial charge in [0, 0.05) is 4.47 Å². The van der Waals surface area contributed by atoms with Gasteiger partial charge in [-0.3, -0.25) is 4.21 Å². The maximum Gasteiger partial charge on any atom is 1.00 e. The van der Waals surface area contributed by atoms with Crippen LogP contribution in [0, 0.1) is 0 Å². The Bertz CT molecular complexity index is 348. The average Bonchev–Trinajstić information content (AvgIpc) is 2.86. The molecular weight excluding hydrogens is 275 g/mol. The van der Waals surface area contributed by atoms with Crippen LogP contribution in [0.2, 0.25) is 0 Å². The van der Waals surface area contributed by atoms with Gasteiger partial charge in [0.2, 0.25) is 0 Å². The molecule has 70 valence electrons. The topological polar surface area (TPSA) is 40.1 Å². The van der Waals surface area contributed by atoms with E-state index in [1.54, 1.807) is 0 Å². The van der Waals surface area contributed by atoms with Gasteiger partial charge in [0.1, 0.15) is 0 Å². The molecule has 1 aromatic carbocycles. The van der Waals surface area contributed by atoms with E-state index in [0.717, 1.165) is 22.9 Å². The predicted molar refractivity (Wildman–Crippen MR) is 54.0 cm³/mol. The third-order valence-corrected chi connectivity index (χ3v) is 4.20. The maximum absolute atomic E-state index is 11.0. The average molecular weight is 283 g/mol. The smallest absolute Gasteiger partial charge is 0.772 e. The molecule has 0 radical (unpaired) electrons. The van der Waals surface area contributed by atoms with E-state index in [4.69, 9.17) is 0 Å². The second-order valence-corrected chi connectivity index (χ2v) is 5.40. The Morgan fingerprint density at radius 3 is 2.14 bits per heavy atom. The normalized spacial score (nSPS) is 19.6. The van der Waals surface area contributed by atoms with E-state index in [1.165, 1.54) is 0 Å². The fourth-order valence-corrected chi connectivity index (χ4v) is 2.45. The Balaban J connectivity index is 0.000000980. The minimum Gasteiger partial charge on any atom is -0.772 e. The number of hydrogen-bond acceptors (Lipinski definition) is 2. The van der Waals surface area contributed by atoms with Crippen LogP contribution in [-0.2, 0) is 15.8 Å². The molecule has 1 saturated carbocycles. The van der Waals surface area contributed by atoms with Crippen molar-refractivity contribution in [2.45, 2.75) is 17.6 Å². The maximum atomic E-state index is 11.0. The van der Waals surface area contributed by atoms with E-state index in [9.17, 15) is 8.76 Å². The van der Waals surface area contributed by atoms with E-state index < -0.39 is 15.8 Å². The number of benzene rings is 1. The van der Waals surface area contributed by atoms with Gasteiger partial charge in [-0.15, -0.1) is 0 Å². The zero-order chi connectivity index (χ0) is 9.47. The molecule has 0 N–H and O–H groups in total. The summed E-state index contributed by atoms with van der Waals surface area (Å²) in [5, 5.41) is 0. The molecule has 0 aromatic heterocycles. The van der Waals surface area contributed by atoms with Gasteiger partial charge in [0.05, 0.1) is 4.75 Å². The summed E-state index contributed by atoms with van der Waals surface area (Å²) in [7, 11) is 0. The first-order valence-corrected chi connectivity index (χ1v) is 5.87. The van der Waals surface area contributed by atoms with Crippen molar-refractivity contribution in [1.82, 2.24) is 0 Å². The van der Waals surface area contributed by atoms with Crippen molar-refractivity contribution in [3.8, 4) is 0 Å². The molecule has 0 heterocycles. The largest absolute Gasteiger partial charge is 1.00 e. The van der Waals surface area contributed by atoms with Gasteiger partial charge in [-0.1, -0.05) is 28.1 Å². The van der Waals surface area contributed by atoms with E-state index >= 15 is 0 Å². The molecular formula is C9H8BrNaO2S. The molecule has 0 amide bonds. The summed E-state index contributed by atoms with van der Waals surface area (Å²) in [4.78, 5) is 0. The van der Waals surface area contributed by atoms with Crippen LogP contribution >= 0.6 is 15.9 Å². The molecule has 0 spiro atoms. The molecule has 1 unspecified atom stereocenters. The van der Waals surface area contributed by atoms with Gasteiger partial charge in [0.15, 0.2) is 0 Å². The minimum atomic E-state index is -1.99. The molecule has 1 atom stereocenters. The summed E-state index contributed by atoms with van der Waals surface area (Å²) in [5.74, 6) is 0. The third-order valence-electron chi connectivity index (χ3n) is 2.39. The molecule has 5 heteroatoms. The van der Waals surface area contributed by atoms with Crippen LogP contribution in [0.4, 0.5) is 0 Å². The summed E-state index contributed by atoms with van der Waals surface area (Å²) in [5.41, 5.74) is 0.907. The molecule has 1 aromatic rings. The molecule has 2 rings (SSSR count). The van der Waals surface area contributed by atoms with Crippen molar-refractivity contribution in [2.75, 3.05) is 0 Å². The van der Waals surface area contributed by atoms with Crippen molar-refractivity contribution in [3.05, 3.63) is 34.3 Å². The van der Waals surface area contributed by atoms with Gasteiger partial charge in [-0.05, 0) is 41.6 Å². The van der Waals surface area contributed by atoms with E-state index in [1.807, 2.05) is 24.3 Å². The Morgan fingerprint density at radius 1 is 1.29 bits per heavy atom. The Hall–Kier alpha value is 0.810. The summed E-state index contributed by atoms with van der Waals surface area (Å²) in [6, 6.07) is 7.49. The third kappa shape index (κ3) is 2.31. The van der Waals surface area contributed by atoms with Gasteiger partial charge < -0.3 is 4.55 Å². The zero-order valence-electron chi connectivity index (χ0n) is 7.83. The fourth-order valence-electron chi connectivity index (χ4n) is 1.42. The van der Waals surface area contributed by atoms with Crippen molar-refractivity contribution < 1.29 is 38.3 Å². The molecule has 1 aliphatic carbocycles. The standard InChI is InChI=1S/C9H9BrO2S.Na/c10-8-3-1-7(2-4-8)9(5-6-9)13(11)12;/h1-4H,5-6H2,(H,11,12);/q;+1/p-1. The van der Waals surface area contributed by atoms with Crippen LogP contribution in [-0.4, -0.2) is 8.76 Å². The van der Waals surface area contributed by atoms with Gasteiger partial charge in [-0.25, -0.2) is 0 Å².